The molecule has 31 heavy (non-hydrogen) atoms. The van der Waals surface area contributed by atoms with E-state index in [0.29, 0.717) is 24.4 Å². The zero-order valence-electron chi connectivity index (χ0n) is 18.1. The molecule has 162 valence electrons. The SMILES string of the molecule is Cc1nc(-c2ccccc2)nc(N2CCN(CC(C)O)CC2)c1Cc1ccccc1F. The fourth-order valence-electron chi connectivity index (χ4n) is 4.11. The summed E-state index contributed by atoms with van der Waals surface area (Å²) >= 11 is 0. The van der Waals surface area contributed by atoms with E-state index in [2.05, 4.69) is 9.80 Å². The molecular formula is C25H29FN4O. The van der Waals surface area contributed by atoms with Gasteiger partial charge in [-0.05, 0) is 25.5 Å². The summed E-state index contributed by atoms with van der Waals surface area (Å²) in [5, 5.41) is 9.71. The first-order chi connectivity index (χ1) is 15.0. The van der Waals surface area contributed by atoms with Crippen molar-refractivity contribution < 1.29 is 9.50 Å². The molecule has 1 aliphatic rings. The molecule has 4 rings (SSSR count). The summed E-state index contributed by atoms with van der Waals surface area (Å²) in [6.45, 7) is 7.80. The quantitative estimate of drug-likeness (QED) is 0.659. The molecule has 0 spiro atoms. The molecule has 1 unspecified atom stereocenters. The molecule has 1 atom stereocenters. The van der Waals surface area contributed by atoms with E-state index in [-0.39, 0.29) is 11.9 Å². The minimum atomic E-state index is -0.339. The molecule has 5 nitrogen and oxygen atoms in total. The predicted molar refractivity (Wildman–Crippen MR) is 122 cm³/mol. The number of anilines is 1. The normalized spacial score (nSPS) is 15.8. The van der Waals surface area contributed by atoms with Crippen LogP contribution < -0.4 is 4.90 Å². The van der Waals surface area contributed by atoms with E-state index >= 15 is 0 Å². The number of rotatable bonds is 6. The molecule has 0 amide bonds. The molecule has 0 aliphatic carbocycles. The van der Waals surface area contributed by atoms with Crippen molar-refractivity contribution in [2.24, 2.45) is 0 Å². The van der Waals surface area contributed by atoms with Crippen LogP contribution in [0.2, 0.25) is 0 Å². The van der Waals surface area contributed by atoms with Crippen LogP contribution in [0.25, 0.3) is 11.4 Å². The number of piperazine rings is 1. The van der Waals surface area contributed by atoms with E-state index in [1.807, 2.05) is 56.3 Å². The Morgan fingerprint density at radius 2 is 1.65 bits per heavy atom. The molecular weight excluding hydrogens is 391 g/mol. The van der Waals surface area contributed by atoms with Gasteiger partial charge in [0.25, 0.3) is 0 Å². The highest BCUT2D eigenvalue weighted by Gasteiger charge is 2.24. The average molecular weight is 421 g/mol. The smallest absolute Gasteiger partial charge is 0.161 e. The van der Waals surface area contributed by atoms with Crippen LogP contribution in [0, 0.1) is 12.7 Å². The summed E-state index contributed by atoms with van der Waals surface area (Å²) in [6.07, 6.45) is 0.116. The van der Waals surface area contributed by atoms with Crippen molar-refractivity contribution in [3.8, 4) is 11.4 Å². The molecule has 0 bridgehead atoms. The number of benzene rings is 2. The minimum Gasteiger partial charge on any atom is -0.392 e. The fraction of sp³-hybridized carbons (Fsp3) is 0.360. The van der Waals surface area contributed by atoms with Crippen LogP contribution in [0.4, 0.5) is 10.2 Å². The summed E-state index contributed by atoms with van der Waals surface area (Å²) in [6, 6.07) is 16.9. The second-order valence-electron chi connectivity index (χ2n) is 8.21. The number of nitrogens with zero attached hydrogens (tertiary/aromatic N) is 4. The predicted octanol–water partition coefficient (Wildman–Crippen LogP) is 3.68. The van der Waals surface area contributed by atoms with E-state index in [4.69, 9.17) is 9.97 Å². The summed E-state index contributed by atoms with van der Waals surface area (Å²) in [5.41, 5.74) is 3.46. The maximum absolute atomic E-state index is 14.4. The van der Waals surface area contributed by atoms with E-state index < -0.39 is 0 Å². The fourth-order valence-corrected chi connectivity index (χ4v) is 4.11. The molecule has 6 heteroatoms. The highest BCUT2D eigenvalue weighted by molar-refractivity contribution is 5.61. The number of β-amino-alcohol motifs (C(OH)–C–C–N with tert-alkyl or cyclic N) is 1. The number of halogens is 1. The third-order valence-corrected chi connectivity index (χ3v) is 5.74. The van der Waals surface area contributed by atoms with Crippen molar-refractivity contribution >= 4 is 5.82 Å². The first-order valence-corrected chi connectivity index (χ1v) is 10.8. The Labute approximate surface area is 183 Å². The van der Waals surface area contributed by atoms with Gasteiger partial charge in [0.15, 0.2) is 5.82 Å². The van der Waals surface area contributed by atoms with Crippen molar-refractivity contribution in [2.45, 2.75) is 26.4 Å². The van der Waals surface area contributed by atoms with Crippen molar-refractivity contribution in [1.29, 1.82) is 0 Å². The highest BCUT2D eigenvalue weighted by Crippen LogP contribution is 2.28. The van der Waals surface area contributed by atoms with Gasteiger partial charge in [0.2, 0.25) is 0 Å². The van der Waals surface area contributed by atoms with E-state index in [0.717, 1.165) is 48.8 Å². The van der Waals surface area contributed by atoms with Gasteiger partial charge >= 0.3 is 0 Å². The average Bonchev–Trinajstić information content (AvgIpc) is 2.77. The molecule has 2 heterocycles. The topological polar surface area (TPSA) is 52.5 Å². The van der Waals surface area contributed by atoms with E-state index in [9.17, 15) is 9.50 Å². The Morgan fingerprint density at radius 1 is 0.968 bits per heavy atom. The lowest BCUT2D eigenvalue weighted by Crippen LogP contribution is -2.48. The largest absolute Gasteiger partial charge is 0.392 e. The monoisotopic (exact) mass is 420 g/mol. The lowest BCUT2D eigenvalue weighted by Gasteiger charge is -2.37. The molecule has 1 fully saturated rings. The van der Waals surface area contributed by atoms with Crippen molar-refractivity contribution in [1.82, 2.24) is 14.9 Å². The Kier molecular flexibility index (Phi) is 6.59. The lowest BCUT2D eigenvalue weighted by molar-refractivity contribution is 0.122. The Bertz CT molecular complexity index is 1020. The van der Waals surface area contributed by atoms with Gasteiger partial charge in [-0.25, -0.2) is 14.4 Å². The number of aliphatic hydroxyl groups is 1. The molecule has 0 saturated carbocycles. The van der Waals surface area contributed by atoms with E-state index in [1.165, 1.54) is 6.07 Å². The minimum absolute atomic E-state index is 0.207. The van der Waals surface area contributed by atoms with Crippen LogP contribution in [0.1, 0.15) is 23.7 Å². The highest BCUT2D eigenvalue weighted by atomic mass is 19.1. The van der Waals surface area contributed by atoms with Crippen LogP contribution >= 0.6 is 0 Å². The van der Waals surface area contributed by atoms with Gasteiger partial charge in [0.05, 0.1) is 6.10 Å². The van der Waals surface area contributed by atoms with Gasteiger partial charge in [0.1, 0.15) is 11.6 Å². The van der Waals surface area contributed by atoms with Gasteiger partial charge in [-0.15, -0.1) is 0 Å². The number of aryl methyl sites for hydroxylation is 1. The number of hydrogen-bond acceptors (Lipinski definition) is 5. The molecule has 1 saturated heterocycles. The van der Waals surface area contributed by atoms with Crippen molar-refractivity contribution in [2.75, 3.05) is 37.6 Å². The summed E-state index contributed by atoms with van der Waals surface area (Å²) in [7, 11) is 0. The Balaban J connectivity index is 1.70. The Morgan fingerprint density at radius 3 is 2.32 bits per heavy atom. The van der Waals surface area contributed by atoms with Gasteiger partial charge in [-0.2, -0.15) is 0 Å². The van der Waals surface area contributed by atoms with Crippen LogP contribution in [0.3, 0.4) is 0 Å². The van der Waals surface area contributed by atoms with Gasteiger partial charge in [-0.1, -0.05) is 48.5 Å². The maximum atomic E-state index is 14.4. The second-order valence-corrected chi connectivity index (χ2v) is 8.21. The molecule has 2 aromatic carbocycles. The van der Waals surface area contributed by atoms with Gasteiger partial charge in [0, 0.05) is 56.0 Å². The van der Waals surface area contributed by atoms with E-state index in [1.54, 1.807) is 6.07 Å². The third-order valence-electron chi connectivity index (χ3n) is 5.74. The first-order valence-electron chi connectivity index (χ1n) is 10.8. The van der Waals surface area contributed by atoms with Crippen LogP contribution in [-0.2, 0) is 6.42 Å². The number of aliphatic hydroxyl groups excluding tert-OH is 1. The van der Waals surface area contributed by atoms with Crippen LogP contribution in [-0.4, -0.2) is 58.8 Å². The summed E-state index contributed by atoms with van der Waals surface area (Å²) in [5.74, 6) is 1.37. The zero-order valence-corrected chi connectivity index (χ0v) is 18.1. The van der Waals surface area contributed by atoms with Crippen molar-refractivity contribution in [3.05, 3.63) is 77.2 Å². The zero-order chi connectivity index (χ0) is 21.8. The lowest BCUT2D eigenvalue weighted by atomic mass is 10.0. The van der Waals surface area contributed by atoms with Gasteiger partial charge in [-0.3, -0.25) is 4.90 Å². The first kappa shape index (κ1) is 21.4. The summed E-state index contributed by atoms with van der Waals surface area (Å²) in [4.78, 5) is 14.3. The second kappa shape index (κ2) is 9.54. The van der Waals surface area contributed by atoms with Crippen LogP contribution in [0.15, 0.2) is 54.6 Å². The standard InChI is InChI=1S/C25H29FN4O/c1-18(31)17-29-12-14-30(15-13-29)25-22(16-21-10-6-7-11-23(21)26)19(2)27-24(28-25)20-8-4-3-5-9-20/h3-11,18,31H,12-17H2,1-2H3. The van der Waals surface area contributed by atoms with Crippen LogP contribution in [0.5, 0.6) is 0 Å². The third kappa shape index (κ3) is 5.09. The maximum Gasteiger partial charge on any atom is 0.161 e. The molecule has 1 N–H and O–H groups in total. The Hall–Kier alpha value is -2.83. The number of hydrogen-bond donors (Lipinski definition) is 1. The van der Waals surface area contributed by atoms with Crippen molar-refractivity contribution in [3.63, 3.8) is 0 Å². The molecule has 1 aromatic heterocycles. The number of aromatic nitrogens is 2. The molecule has 3 aromatic rings. The molecule has 1 aliphatic heterocycles. The summed E-state index contributed by atoms with van der Waals surface area (Å²) < 4.78 is 14.4. The van der Waals surface area contributed by atoms with Gasteiger partial charge < -0.3 is 10.0 Å². The molecule has 0 radical (unpaired) electrons.